The predicted octanol–water partition coefficient (Wildman–Crippen LogP) is 0.963. The Bertz CT molecular complexity index is 509. The Morgan fingerprint density at radius 1 is 1.24 bits per heavy atom. The van der Waals surface area contributed by atoms with Crippen LogP contribution in [-0.2, 0) is 9.53 Å². The molecule has 142 valence electrons. The first kappa shape index (κ1) is 19.7. The number of amides is 4. The lowest BCUT2D eigenvalue weighted by Gasteiger charge is -2.19. The van der Waals surface area contributed by atoms with E-state index in [9.17, 15) is 14.4 Å². The van der Waals surface area contributed by atoms with E-state index in [1.807, 2.05) is 11.8 Å². The monoisotopic (exact) mass is 372 g/mol. The van der Waals surface area contributed by atoms with Gasteiger partial charge in [-0.1, -0.05) is 0 Å². The van der Waals surface area contributed by atoms with Crippen molar-refractivity contribution in [1.29, 1.82) is 0 Å². The van der Waals surface area contributed by atoms with E-state index in [1.54, 1.807) is 20.8 Å². The molecule has 2 saturated heterocycles. The molecule has 25 heavy (non-hydrogen) atoms. The van der Waals surface area contributed by atoms with Gasteiger partial charge in [0.05, 0.1) is 12.1 Å². The highest BCUT2D eigenvalue weighted by Crippen LogP contribution is 2.32. The summed E-state index contributed by atoms with van der Waals surface area (Å²) < 4.78 is 5.11. The summed E-state index contributed by atoms with van der Waals surface area (Å²) in [6.07, 6.45) is 1.64. The van der Waals surface area contributed by atoms with Crippen LogP contribution in [0, 0.1) is 0 Å². The Morgan fingerprint density at radius 2 is 1.96 bits per heavy atom. The van der Waals surface area contributed by atoms with E-state index < -0.39 is 11.7 Å². The Hall–Kier alpha value is -1.64. The molecule has 0 aliphatic carbocycles. The molecule has 2 aliphatic rings. The normalized spacial score (nSPS) is 24.9. The number of thioether (sulfide) groups is 1. The first-order chi connectivity index (χ1) is 11.7. The third-order valence-corrected chi connectivity index (χ3v) is 5.45. The predicted molar refractivity (Wildman–Crippen MR) is 96.6 cm³/mol. The number of urea groups is 1. The number of carbonyl (C=O) groups excluding carboxylic acids is 3. The lowest BCUT2D eigenvalue weighted by atomic mass is 10.0. The number of fused-ring (bicyclic) bond motifs is 1. The fraction of sp³-hybridized carbons (Fsp3) is 0.812. The molecule has 0 unspecified atom stereocenters. The van der Waals surface area contributed by atoms with Crippen molar-refractivity contribution in [3.05, 3.63) is 0 Å². The fourth-order valence-electron chi connectivity index (χ4n) is 2.88. The molecule has 4 amide bonds. The SMILES string of the molecule is CC(C)(C)OC(=O)NCCNC(=O)CCC[C@@H]1SC[C@H]2NC(=O)N[C@@H]12. The highest BCUT2D eigenvalue weighted by atomic mass is 32.2. The van der Waals surface area contributed by atoms with Crippen LogP contribution in [0.2, 0.25) is 0 Å². The van der Waals surface area contributed by atoms with Gasteiger partial charge in [0.15, 0.2) is 0 Å². The lowest BCUT2D eigenvalue weighted by molar-refractivity contribution is -0.121. The third-order valence-electron chi connectivity index (χ3n) is 3.95. The molecule has 0 aromatic rings. The van der Waals surface area contributed by atoms with Crippen molar-refractivity contribution < 1.29 is 19.1 Å². The lowest BCUT2D eigenvalue weighted by Crippen LogP contribution is -2.38. The summed E-state index contributed by atoms with van der Waals surface area (Å²) in [5.74, 6) is 0.899. The molecule has 0 bridgehead atoms. The molecule has 2 rings (SSSR count). The van der Waals surface area contributed by atoms with Gasteiger partial charge in [0.1, 0.15) is 5.60 Å². The molecule has 2 aliphatic heterocycles. The summed E-state index contributed by atoms with van der Waals surface area (Å²) in [7, 11) is 0. The van der Waals surface area contributed by atoms with E-state index in [2.05, 4.69) is 21.3 Å². The van der Waals surface area contributed by atoms with Gasteiger partial charge in [-0.25, -0.2) is 9.59 Å². The van der Waals surface area contributed by atoms with Crippen LogP contribution in [0.4, 0.5) is 9.59 Å². The van der Waals surface area contributed by atoms with Crippen molar-refractivity contribution in [3.8, 4) is 0 Å². The summed E-state index contributed by atoms with van der Waals surface area (Å²) >= 11 is 1.85. The molecule has 3 atom stereocenters. The highest BCUT2D eigenvalue weighted by molar-refractivity contribution is 8.00. The second-order valence-electron chi connectivity index (χ2n) is 7.29. The van der Waals surface area contributed by atoms with Gasteiger partial charge in [0.25, 0.3) is 0 Å². The maximum Gasteiger partial charge on any atom is 0.407 e. The Labute approximate surface area is 152 Å². The molecule has 0 radical (unpaired) electrons. The van der Waals surface area contributed by atoms with Crippen LogP contribution in [0.3, 0.4) is 0 Å². The zero-order valence-electron chi connectivity index (χ0n) is 15.0. The minimum absolute atomic E-state index is 0.0286. The number of ether oxygens (including phenoxy) is 1. The molecule has 0 aromatic heterocycles. The summed E-state index contributed by atoms with van der Waals surface area (Å²) in [5, 5.41) is 11.6. The van der Waals surface area contributed by atoms with Gasteiger partial charge in [0.2, 0.25) is 5.91 Å². The second-order valence-corrected chi connectivity index (χ2v) is 8.56. The molecule has 0 saturated carbocycles. The van der Waals surface area contributed by atoms with E-state index in [4.69, 9.17) is 4.74 Å². The maximum atomic E-state index is 11.8. The first-order valence-corrected chi connectivity index (χ1v) is 9.71. The van der Waals surface area contributed by atoms with Crippen LogP contribution in [0.25, 0.3) is 0 Å². The van der Waals surface area contributed by atoms with Crippen LogP contribution in [0.5, 0.6) is 0 Å². The minimum atomic E-state index is -0.529. The van der Waals surface area contributed by atoms with Crippen molar-refractivity contribution in [2.75, 3.05) is 18.8 Å². The van der Waals surface area contributed by atoms with Gasteiger partial charge in [0, 0.05) is 30.5 Å². The molecule has 2 heterocycles. The van der Waals surface area contributed by atoms with E-state index in [0.717, 1.165) is 18.6 Å². The highest BCUT2D eigenvalue weighted by Gasteiger charge is 2.42. The van der Waals surface area contributed by atoms with Gasteiger partial charge < -0.3 is 26.0 Å². The van der Waals surface area contributed by atoms with Crippen LogP contribution in [0.15, 0.2) is 0 Å². The number of nitrogens with one attached hydrogen (secondary N) is 4. The standard InChI is InChI=1S/C16H28N4O4S/c1-16(2,3)24-15(23)18-8-7-17-12(21)6-4-5-11-13-10(9-25-11)19-14(22)20-13/h10-11,13H,4-9H2,1-3H3,(H,17,21)(H,18,23)(H2,19,20,22)/t10-,11+,13-/m1/s1. The largest absolute Gasteiger partial charge is 0.444 e. The molecular formula is C16H28N4O4S. The van der Waals surface area contributed by atoms with Gasteiger partial charge in [-0.2, -0.15) is 11.8 Å². The van der Waals surface area contributed by atoms with Crippen molar-refractivity contribution in [1.82, 2.24) is 21.3 Å². The third kappa shape index (κ3) is 6.64. The quantitative estimate of drug-likeness (QED) is 0.393. The smallest absolute Gasteiger partial charge is 0.407 e. The van der Waals surface area contributed by atoms with Crippen molar-refractivity contribution in [3.63, 3.8) is 0 Å². The van der Waals surface area contributed by atoms with E-state index in [1.165, 1.54) is 0 Å². The Morgan fingerprint density at radius 3 is 2.68 bits per heavy atom. The second kappa shape index (κ2) is 8.64. The molecule has 9 heteroatoms. The van der Waals surface area contributed by atoms with Crippen molar-refractivity contribution in [2.45, 2.75) is 63.0 Å². The number of alkyl carbamates (subject to hydrolysis) is 1. The topological polar surface area (TPSA) is 109 Å². The maximum absolute atomic E-state index is 11.8. The van der Waals surface area contributed by atoms with Gasteiger partial charge in [-0.05, 0) is 33.6 Å². The van der Waals surface area contributed by atoms with E-state index in [-0.39, 0.29) is 24.0 Å². The van der Waals surface area contributed by atoms with Crippen LogP contribution < -0.4 is 21.3 Å². The molecule has 2 fully saturated rings. The van der Waals surface area contributed by atoms with Crippen LogP contribution in [0.1, 0.15) is 40.0 Å². The van der Waals surface area contributed by atoms with Crippen LogP contribution >= 0.6 is 11.8 Å². The summed E-state index contributed by atoms with van der Waals surface area (Å²) in [5.41, 5.74) is -0.529. The van der Waals surface area contributed by atoms with Crippen molar-refractivity contribution >= 4 is 29.8 Å². The number of hydrogen-bond acceptors (Lipinski definition) is 5. The molecule has 0 aromatic carbocycles. The molecular weight excluding hydrogens is 344 g/mol. The summed E-state index contributed by atoms with van der Waals surface area (Å²) in [6.45, 7) is 6.10. The minimum Gasteiger partial charge on any atom is -0.444 e. The van der Waals surface area contributed by atoms with Gasteiger partial charge >= 0.3 is 12.1 Å². The van der Waals surface area contributed by atoms with Gasteiger partial charge in [-0.3, -0.25) is 4.79 Å². The summed E-state index contributed by atoms with van der Waals surface area (Å²) in [4.78, 5) is 34.6. The number of rotatable bonds is 7. The fourth-order valence-corrected chi connectivity index (χ4v) is 4.42. The number of carbonyl (C=O) groups is 3. The molecule has 4 N–H and O–H groups in total. The zero-order valence-corrected chi connectivity index (χ0v) is 15.8. The Kier molecular flexibility index (Phi) is 6.80. The first-order valence-electron chi connectivity index (χ1n) is 8.67. The zero-order chi connectivity index (χ0) is 18.4. The van der Waals surface area contributed by atoms with E-state index >= 15 is 0 Å². The molecule has 8 nitrogen and oxygen atoms in total. The van der Waals surface area contributed by atoms with E-state index in [0.29, 0.717) is 24.8 Å². The van der Waals surface area contributed by atoms with Crippen molar-refractivity contribution in [2.24, 2.45) is 0 Å². The average Bonchev–Trinajstić information content (AvgIpc) is 3.02. The van der Waals surface area contributed by atoms with Crippen LogP contribution in [-0.4, -0.2) is 59.8 Å². The molecule has 0 spiro atoms. The Balaban J connectivity index is 1.52. The van der Waals surface area contributed by atoms with Gasteiger partial charge in [-0.15, -0.1) is 0 Å². The average molecular weight is 372 g/mol. The number of hydrogen-bond donors (Lipinski definition) is 4. The summed E-state index contributed by atoms with van der Waals surface area (Å²) in [6, 6.07) is 0.310.